The molecule has 1 aliphatic heterocycles. The quantitative estimate of drug-likeness (QED) is 0.748. The molecular weight excluding hydrogens is 284 g/mol. The number of sulfonamides is 1. The molecule has 2 rings (SSSR count). The monoisotopic (exact) mass is 298 g/mol. The van der Waals surface area contributed by atoms with Crippen molar-refractivity contribution in [2.75, 3.05) is 7.11 Å². The molecule has 1 fully saturated rings. The molecule has 108 valence electrons. The van der Waals surface area contributed by atoms with Crippen molar-refractivity contribution < 1.29 is 22.7 Å². The molecule has 0 aromatic heterocycles. The third-order valence-corrected chi connectivity index (χ3v) is 4.41. The summed E-state index contributed by atoms with van der Waals surface area (Å²) in [6.45, 7) is 0. The maximum atomic E-state index is 12.3. The molecule has 0 saturated carbocycles. The number of hydrogen-bond donors (Lipinski definition) is 2. The fourth-order valence-corrected chi connectivity index (χ4v) is 3.30. The Morgan fingerprint density at radius 2 is 2.00 bits per heavy atom. The number of para-hydroxylation sites is 1. The van der Waals surface area contributed by atoms with Gasteiger partial charge in [-0.2, -0.15) is 4.72 Å². The SMILES string of the molecule is COc1ccccc1S(=O)(=O)NC1CCC(=O)NC1=O. The van der Waals surface area contributed by atoms with Crippen LogP contribution in [0.25, 0.3) is 0 Å². The molecule has 1 saturated heterocycles. The number of nitrogens with one attached hydrogen (secondary N) is 2. The van der Waals surface area contributed by atoms with Crippen molar-refractivity contribution in [3.8, 4) is 5.75 Å². The summed E-state index contributed by atoms with van der Waals surface area (Å²) in [6.07, 6.45) is 0.240. The van der Waals surface area contributed by atoms with Crippen LogP contribution in [0.1, 0.15) is 12.8 Å². The van der Waals surface area contributed by atoms with E-state index in [1.807, 2.05) is 0 Å². The molecule has 1 aromatic rings. The number of carbonyl (C=O) groups is 2. The zero-order valence-electron chi connectivity index (χ0n) is 10.8. The van der Waals surface area contributed by atoms with Crippen molar-refractivity contribution in [2.45, 2.75) is 23.8 Å². The van der Waals surface area contributed by atoms with Gasteiger partial charge in [0.25, 0.3) is 0 Å². The Morgan fingerprint density at radius 1 is 1.30 bits per heavy atom. The van der Waals surface area contributed by atoms with Crippen LogP contribution in [0.2, 0.25) is 0 Å². The number of hydrogen-bond acceptors (Lipinski definition) is 5. The lowest BCUT2D eigenvalue weighted by atomic mass is 10.1. The smallest absolute Gasteiger partial charge is 0.244 e. The van der Waals surface area contributed by atoms with E-state index in [4.69, 9.17) is 4.74 Å². The Morgan fingerprint density at radius 3 is 2.65 bits per heavy atom. The highest BCUT2D eigenvalue weighted by atomic mass is 32.2. The van der Waals surface area contributed by atoms with Gasteiger partial charge in [0.15, 0.2) is 0 Å². The van der Waals surface area contributed by atoms with Gasteiger partial charge in [-0.15, -0.1) is 0 Å². The van der Waals surface area contributed by atoms with Crippen LogP contribution in [-0.2, 0) is 19.6 Å². The molecule has 1 heterocycles. The number of carbonyl (C=O) groups excluding carboxylic acids is 2. The van der Waals surface area contributed by atoms with Crippen molar-refractivity contribution in [1.82, 2.24) is 10.0 Å². The molecule has 8 heteroatoms. The van der Waals surface area contributed by atoms with Crippen LogP contribution >= 0.6 is 0 Å². The number of rotatable bonds is 4. The second-order valence-corrected chi connectivity index (χ2v) is 5.96. The van der Waals surface area contributed by atoms with E-state index < -0.39 is 27.9 Å². The van der Waals surface area contributed by atoms with E-state index >= 15 is 0 Å². The summed E-state index contributed by atoms with van der Waals surface area (Å²) in [5.74, 6) is -0.852. The van der Waals surface area contributed by atoms with Crippen LogP contribution in [-0.4, -0.2) is 33.4 Å². The third kappa shape index (κ3) is 2.97. The number of ether oxygens (including phenoxy) is 1. The number of benzene rings is 1. The summed E-state index contributed by atoms with van der Waals surface area (Å²) in [7, 11) is -2.54. The highest BCUT2D eigenvalue weighted by molar-refractivity contribution is 7.89. The fraction of sp³-hybridized carbons (Fsp3) is 0.333. The van der Waals surface area contributed by atoms with Gasteiger partial charge >= 0.3 is 0 Å². The lowest BCUT2D eigenvalue weighted by molar-refractivity contribution is -0.134. The first kappa shape index (κ1) is 14.5. The summed E-state index contributed by atoms with van der Waals surface area (Å²) in [5, 5.41) is 2.10. The van der Waals surface area contributed by atoms with Crippen LogP contribution in [0.5, 0.6) is 5.75 Å². The van der Waals surface area contributed by atoms with E-state index in [2.05, 4.69) is 10.0 Å². The first-order valence-electron chi connectivity index (χ1n) is 5.93. The zero-order valence-corrected chi connectivity index (χ0v) is 11.6. The Balaban J connectivity index is 2.23. The van der Waals surface area contributed by atoms with E-state index in [1.54, 1.807) is 12.1 Å². The van der Waals surface area contributed by atoms with E-state index in [-0.39, 0.29) is 23.5 Å². The molecule has 7 nitrogen and oxygen atoms in total. The van der Waals surface area contributed by atoms with Gasteiger partial charge in [0.1, 0.15) is 16.7 Å². The van der Waals surface area contributed by atoms with Crippen LogP contribution in [0.15, 0.2) is 29.2 Å². The van der Waals surface area contributed by atoms with Crippen molar-refractivity contribution in [2.24, 2.45) is 0 Å². The van der Waals surface area contributed by atoms with Crippen molar-refractivity contribution in [1.29, 1.82) is 0 Å². The zero-order chi connectivity index (χ0) is 14.8. The lowest BCUT2D eigenvalue weighted by Gasteiger charge is -2.22. The van der Waals surface area contributed by atoms with E-state index in [9.17, 15) is 18.0 Å². The van der Waals surface area contributed by atoms with Gasteiger partial charge in [-0.3, -0.25) is 14.9 Å². The fourth-order valence-electron chi connectivity index (χ4n) is 1.90. The van der Waals surface area contributed by atoms with Gasteiger partial charge in [-0.05, 0) is 18.6 Å². The average Bonchev–Trinajstić information content (AvgIpc) is 2.42. The van der Waals surface area contributed by atoms with E-state index in [0.717, 1.165) is 0 Å². The molecule has 0 aliphatic carbocycles. The summed E-state index contributed by atoms with van der Waals surface area (Å²) in [5.41, 5.74) is 0. The first-order valence-corrected chi connectivity index (χ1v) is 7.41. The minimum Gasteiger partial charge on any atom is -0.495 e. The average molecular weight is 298 g/mol. The molecule has 1 unspecified atom stereocenters. The number of amides is 2. The third-order valence-electron chi connectivity index (χ3n) is 2.90. The molecule has 1 aromatic carbocycles. The van der Waals surface area contributed by atoms with Crippen molar-refractivity contribution in [3.05, 3.63) is 24.3 Å². The normalized spacial score (nSPS) is 19.6. The standard InChI is InChI=1S/C12H14N2O5S/c1-19-9-4-2-3-5-10(9)20(17,18)14-8-6-7-11(15)13-12(8)16/h2-5,8,14H,6-7H2,1H3,(H,13,15,16). The van der Waals surface area contributed by atoms with Crippen LogP contribution in [0.3, 0.4) is 0 Å². The maximum Gasteiger partial charge on any atom is 0.244 e. The van der Waals surface area contributed by atoms with Gasteiger partial charge in [0, 0.05) is 6.42 Å². The topological polar surface area (TPSA) is 102 Å². The van der Waals surface area contributed by atoms with E-state index in [0.29, 0.717) is 0 Å². The van der Waals surface area contributed by atoms with Crippen LogP contribution in [0.4, 0.5) is 0 Å². The van der Waals surface area contributed by atoms with Crippen molar-refractivity contribution in [3.63, 3.8) is 0 Å². The molecule has 0 radical (unpaired) electrons. The van der Waals surface area contributed by atoms with Gasteiger partial charge in [-0.25, -0.2) is 8.42 Å². The van der Waals surface area contributed by atoms with Gasteiger partial charge < -0.3 is 4.74 Å². The highest BCUT2D eigenvalue weighted by Gasteiger charge is 2.31. The second-order valence-electron chi connectivity index (χ2n) is 4.28. The number of imide groups is 1. The molecular formula is C12H14N2O5S. The number of methoxy groups -OCH3 is 1. The predicted molar refractivity (Wildman–Crippen MR) is 69.5 cm³/mol. The molecule has 0 spiro atoms. The maximum absolute atomic E-state index is 12.3. The Kier molecular flexibility index (Phi) is 4.05. The molecule has 20 heavy (non-hydrogen) atoms. The second kappa shape index (κ2) is 5.59. The Bertz CT molecular complexity index is 641. The van der Waals surface area contributed by atoms with Gasteiger partial charge in [0.2, 0.25) is 21.8 Å². The highest BCUT2D eigenvalue weighted by Crippen LogP contribution is 2.23. The Hall–Kier alpha value is -1.93. The van der Waals surface area contributed by atoms with Crippen LogP contribution < -0.4 is 14.8 Å². The number of piperidine rings is 1. The minimum absolute atomic E-state index is 0.0489. The largest absolute Gasteiger partial charge is 0.495 e. The minimum atomic E-state index is -3.90. The van der Waals surface area contributed by atoms with E-state index in [1.165, 1.54) is 19.2 Å². The van der Waals surface area contributed by atoms with Crippen LogP contribution in [0, 0.1) is 0 Å². The predicted octanol–water partition coefficient (Wildman–Crippen LogP) is -0.221. The molecule has 2 amide bonds. The molecule has 1 aliphatic rings. The first-order chi connectivity index (χ1) is 9.44. The molecule has 1 atom stereocenters. The molecule has 0 bridgehead atoms. The van der Waals surface area contributed by atoms with Crippen molar-refractivity contribution >= 4 is 21.8 Å². The summed E-state index contributed by atoms with van der Waals surface area (Å²) >= 11 is 0. The lowest BCUT2D eigenvalue weighted by Crippen LogP contribution is -2.52. The Labute approximate surface area is 116 Å². The molecule has 2 N–H and O–H groups in total. The van der Waals surface area contributed by atoms with Gasteiger partial charge in [-0.1, -0.05) is 12.1 Å². The summed E-state index contributed by atoms with van der Waals surface area (Å²) in [4.78, 5) is 22.6. The van der Waals surface area contributed by atoms with Gasteiger partial charge in [0.05, 0.1) is 7.11 Å². The summed E-state index contributed by atoms with van der Waals surface area (Å²) < 4.78 is 31.8. The summed E-state index contributed by atoms with van der Waals surface area (Å²) in [6, 6.07) is 5.14.